The Hall–Kier alpha value is -0.810. The minimum Gasteiger partial charge on any atom is -0.337 e. The number of likely N-dealkylation sites (tertiary alicyclic amines) is 1. The Bertz CT molecular complexity index is 435. The summed E-state index contributed by atoms with van der Waals surface area (Å²) in [7, 11) is 0. The zero-order valence-corrected chi connectivity index (χ0v) is 18.0. The quantitative estimate of drug-likeness (QED) is 0.646. The van der Waals surface area contributed by atoms with E-state index in [9.17, 15) is 4.79 Å². The van der Waals surface area contributed by atoms with E-state index in [1.165, 1.54) is 38.8 Å². The summed E-state index contributed by atoms with van der Waals surface area (Å²) in [6, 6.07) is 0.692. The SMILES string of the molecule is CCC(CC)C(CNC(=O)NC1CC(C)(C)NC(C)(C)C1)N1CCCC1. The molecule has 1 atom stereocenters. The third-order valence-corrected chi connectivity index (χ3v) is 6.20. The van der Waals surface area contributed by atoms with Crippen LogP contribution in [0.5, 0.6) is 0 Å². The van der Waals surface area contributed by atoms with Crippen molar-refractivity contribution in [2.45, 2.75) is 103 Å². The van der Waals surface area contributed by atoms with E-state index >= 15 is 0 Å². The number of carbonyl (C=O) groups is 1. The van der Waals surface area contributed by atoms with Crippen molar-refractivity contribution in [1.29, 1.82) is 0 Å². The summed E-state index contributed by atoms with van der Waals surface area (Å²) in [5.41, 5.74) is 0.0978. The molecule has 0 spiro atoms. The van der Waals surface area contributed by atoms with E-state index in [-0.39, 0.29) is 23.2 Å². The van der Waals surface area contributed by atoms with Crippen molar-refractivity contribution in [1.82, 2.24) is 20.9 Å². The van der Waals surface area contributed by atoms with Gasteiger partial charge in [-0.05, 0) is 72.4 Å². The predicted molar refractivity (Wildman–Crippen MR) is 110 cm³/mol. The monoisotopic (exact) mass is 366 g/mol. The maximum absolute atomic E-state index is 12.6. The molecular formula is C21H42N4O. The first kappa shape index (κ1) is 21.5. The molecule has 0 aromatic heterocycles. The maximum Gasteiger partial charge on any atom is 0.315 e. The highest BCUT2D eigenvalue weighted by atomic mass is 16.2. The fourth-order valence-corrected chi connectivity index (χ4v) is 5.36. The topological polar surface area (TPSA) is 56.4 Å². The Balaban J connectivity index is 1.89. The number of nitrogens with zero attached hydrogens (tertiary/aromatic N) is 1. The van der Waals surface area contributed by atoms with Gasteiger partial charge in [0.05, 0.1) is 0 Å². The van der Waals surface area contributed by atoms with Crippen molar-refractivity contribution in [3.05, 3.63) is 0 Å². The highest BCUT2D eigenvalue weighted by Gasteiger charge is 2.38. The van der Waals surface area contributed by atoms with Gasteiger partial charge >= 0.3 is 6.03 Å². The third kappa shape index (κ3) is 6.12. The number of rotatable bonds is 7. The molecule has 5 nitrogen and oxygen atoms in total. The van der Waals surface area contributed by atoms with E-state index in [1.54, 1.807) is 0 Å². The van der Waals surface area contributed by atoms with Crippen LogP contribution in [0, 0.1) is 5.92 Å². The van der Waals surface area contributed by atoms with Gasteiger partial charge in [-0.2, -0.15) is 0 Å². The molecule has 2 aliphatic heterocycles. The average Bonchev–Trinajstić information content (AvgIpc) is 3.02. The summed E-state index contributed by atoms with van der Waals surface area (Å²) in [4.78, 5) is 15.2. The third-order valence-electron chi connectivity index (χ3n) is 6.20. The van der Waals surface area contributed by atoms with E-state index in [2.05, 4.69) is 62.4 Å². The summed E-state index contributed by atoms with van der Waals surface area (Å²) in [6.07, 6.45) is 6.87. The fourth-order valence-electron chi connectivity index (χ4n) is 5.36. The Kier molecular flexibility index (Phi) is 7.37. The number of nitrogens with one attached hydrogen (secondary N) is 3. The number of urea groups is 1. The molecule has 0 bridgehead atoms. The van der Waals surface area contributed by atoms with Gasteiger partial charge in [0.2, 0.25) is 0 Å². The summed E-state index contributed by atoms with van der Waals surface area (Å²) < 4.78 is 0. The van der Waals surface area contributed by atoms with Crippen LogP contribution >= 0.6 is 0 Å². The number of piperidine rings is 1. The molecule has 2 aliphatic rings. The first-order valence-corrected chi connectivity index (χ1v) is 10.7. The normalized spacial score (nSPS) is 24.6. The molecule has 2 amide bonds. The molecule has 0 aliphatic carbocycles. The Morgan fingerprint density at radius 3 is 2.12 bits per heavy atom. The van der Waals surface area contributed by atoms with E-state index in [4.69, 9.17) is 0 Å². The van der Waals surface area contributed by atoms with Crippen molar-refractivity contribution in [2.75, 3.05) is 19.6 Å². The lowest BCUT2D eigenvalue weighted by atomic mass is 9.80. The van der Waals surface area contributed by atoms with Gasteiger partial charge in [-0.1, -0.05) is 26.7 Å². The van der Waals surface area contributed by atoms with Crippen LogP contribution in [0.1, 0.15) is 80.1 Å². The van der Waals surface area contributed by atoms with Crippen molar-refractivity contribution >= 4 is 6.03 Å². The summed E-state index contributed by atoms with van der Waals surface area (Å²) in [6.45, 7) is 16.5. The Labute approximate surface area is 161 Å². The highest BCUT2D eigenvalue weighted by Crippen LogP contribution is 2.28. The fraction of sp³-hybridized carbons (Fsp3) is 0.952. The number of hydrogen-bond acceptors (Lipinski definition) is 3. The van der Waals surface area contributed by atoms with Gasteiger partial charge < -0.3 is 16.0 Å². The van der Waals surface area contributed by atoms with Crippen molar-refractivity contribution in [3.8, 4) is 0 Å². The van der Waals surface area contributed by atoms with Gasteiger partial charge in [-0.25, -0.2) is 4.79 Å². The zero-order valence-electron chi connectivity index (χ0n) is 18.0. The molecule has 2 fully saturated rings. The van der Waals surface area contributed by atoms with Gasteiger partial charge in [0.1, 0.15) is 0 Å². The molecule has 0 saturated carbocycles. The van der Waals surface area contributed by atoms with Crippen LogP contribution in [0.25, 0.3) is 0 Å². The van der Waals surface area contributed by atoms with Crippen LogP contribution in [0.3, 0.4) is 0 Å². The second kappa shape index (κ2) is 8.92. The molecule has 3 N–H and O–H groups in total. The standard InChI is InChI=1S/C21H42N4O/c1-7-16(8-2)18(25-11-9-10-12-25)15-22-19(26)23-17-13-20(3,4)24-21(5,6)14-17/h16-18,24H,7-15H2,1-6H3,(H2,22,23,26). The smallest absolute Gasteiger partial charge is 0.315 e. The minimum absolute atomic E-state index is 0.00125. The minimum atomic E-state index is -0.00125. The van der Waals surface area contributed by atoms with E-state index < -0.39 is 0 Å². The second-order valence-electron chi connectivity index (χ2n) is 9.74. The van der Waals surface area contributed by atoms with Gasteiger partial charge in [-0.15, -0.1) is 0 Å². The Morgan fingerprint density at radius 2 is 1.62 bits per heavy atom. The van der Waals surface area contributed by atoms with Crippen molar-refractivity contribution in [2.24, 2.45) is 5.92 Å². The first-order valence-electron chi connectivity index (χ1n) is 10.7. The second-order valence-corrected chi connectivity index (χ2v) is 9.74. The van der Waals surface area contributed by atoms with E-state index in [0.717, 1.165) is 19.4 Å². The molecule has 5 heteroatoms. The largest absolute Gasteiger partial charge is 0.337 e. The zero-order chi connectivity index (χ0) is 19.4. The predicted octanol–water partition coefficient (Wildman–Crippen LogP) is 3.50. The van der Waals surface area contributed by atoms with Gasteiger partial charge in [0.15, 0.2) is 0 Å². The average molecular weight is 367 g/mol. The van der Waals surface area contributed by atoms with E-state index in [1.807, 2.05) is 0 Å². The molecule has 0 aromatic rings. The molecule has 0 aromatic carbocycles. The summed E-state index contributed by atoms with van der Waals surface area (Å²) >= 11 is 0. The molecule has 2 rings (SSSR count). The molecule has 26 heavy (non-hydrogen) atoms. The molecule has 2 saturated heterocycles. The lowest BCUT2D eigenvalue weighted by Crippen LogP contribution is -2.63. The number of hydrogen-bond donors (Lipinski definition) is 3. The summed E-state index contributed by atoms with van der Waals surface area (Å²) in [5.74, 6) is 0.658. The first-order chi connectivity index (χ1) is 12.2. The Morgan fingerprint density at radius 1 is 1.08 bits per heavy atom. The van der Waals surface area contributed by atoms with Crippen LogP contribution in [-0.4, -0.2) is 53.7 Å². The van der Waals surface area contributed by atoms with Gasteiger partial charge in [0.25, 0.3) is 0 Å². The lowest BCUT2D eigenvalue weighted by Gasteiger charge is -2.46. The molecular weight excluding hydrogens is 324 g/mol. The molecule has 0 radical (unpaired) electrons. The molecule has 1 unspecified atom stereocenters. The lowest BCUT2D eigenvalue weighted by molar-refractivity contribution is 0.143. The van der Waals surface area contributed by atoms with E-state index in [0.29, 0.717) is 12.0 Å². The van der Waals surface area contributed by atoms with Gasteiger partial charge in [0, 0.05) is 29.7 Å². The van der Waals surface area contributed by atoms with Crippen LogP contribution in [0.4, 0.5) is 4.79 Å². The van der Waals surface area contributed by atoms with Crippen LogP contribution in [0.2, 0.25) is 0 Å². The van der Waals surface area contributed by atoms with Gasteiger partial charge in [-0.3, -0.25) is 4.90 Å². The molecule has 2 heterocycles. The van der Waals surface area contributed by atoms with Crippen molar-refractivity contribution in [3.63, 3.8) is 0 Å². The van der Waals surface area contributed by atoms with Crippen LogP contribution in [0.15, 0.2) is 0 Å². The van der Waals surface area contributed by atoms with Crippen molar-refractivity contribution < 1.29 is 4.79 Å². The highest BCUT2D eigenvalue weighted by molar-refractivity contribution is 5.74. The number of amides is 2. The van der Waals surface area contributed by atoms with Crippen LogP contribution < -0.4 is 16.0 Å². The summed E-state index contributed by atoms with van der Waals surface area (Å²) in [5, 5.41) is 10.1. The number of carbonyl (C=O) groups excluding carboxylic acids is 1. The molecule has 152 valence electrons. The van der Waals surface area contributed by atoms with Crippen LogP contribution in [-0.2, 0) is 0 Å². The maximum atomic E-state index is 12.6.